The van der Waals surface area contributed by atoms with E-state index in [0.29, 0.717) is 18.3 Å². The van der Waals surface area contributed by atoms with Crippen molar-refractivity contribution in [3.05, 3.63) is 34.7 Å². The smallest absolute Gasteiger partial charge is 0.231 e. The van der Waals surface area contributed by atoms with Crippen molar-refractivity contribution < 1.29 is 9.53 Å². The summed E-state index contributed by atoms with van der Waals surface area (Å²) in [6, 6.07) is 8.31. The van der Waals surface area contributed by atoms with E-state index in [1.807, 2.05) is 6.07 Å². The second kappa shape index (κ2) is 4.68. The van der Waals surface area contributed by atoms with Gasteiger partial charge >= 0.3 is 0 Å². The van der Waals surface area contributed by atoms with Gasteiger partial charge < -0.3 is 10.1 Å². The Morgan fingerprint density at radius 1 is 1.40 bits per heavy atom. The maximum atomic E-state index is 12.1. The Morgan fingerprint density at radius 2 is 2.30 bits per heavy atom. The van der Waals surface area contributed by atoms with Crippen molar-refractivity contribution in [2.75, 3.05) is 18.5 Å². The van der Waals surface area contributed by atoms with Gasteiger partial charge in [0.1, 0.15) is 0 Å². The van der Waals surface area contributed by atoms with Crippen molar-refractivity contribution >= 4 is 22.4 Å². The Labute approximate surface area is 120 Å². The van der Waals surface area contributed by atoms with E-state index in [0.717, 1.165) is 18.5 Å². The van der Waals surface area contributed by atoms with Crippen LogP contribution in [0.5, 0.6) is 0 Å². The van der Waals surface area contributed by atoms with Crippen LogP contribution >= 0.6 is 11.3 Å². The number of carbonyl (C=O) groups is 1. The summed E-state index contributed by atoms with van der Waals surface area (Å²) in [5.74, 6) is 0.00392. The van der Waals surface area contributed by atoms with Gasteiger partial charge in [0.2, 0.25) is 5.91 Å². The van der Waals surface area contributed by atoms with Crippen LogP contribution in [0, 0.1) is 5.92 Å². The van der Waals surface area contributed by atoms with Crippen LogP contribution in [0.3, 0.4) is 0 Å². The highest BCUT2D eigenvalue weighted by Crippen LogP contribution is 2.40. The van der Waals surface area contributed by atoms with Crippen molar-refractivity contribution in [2.45, 2.75) is 12.8 Å². The van der Waals surface area contributed by atoms with Crippen LogP contribution in [0.4, 0.5) is 5.13 Å². The SMILES string of the molecule is O=C(Nc1nc2c(s1)Cc1ccccc1-2)C1CCOC1. The van der Waals surface area contributed by atoms with E-state index in [4.69, 9.17) is 4.74 Å². The lowest BCUT2D eigenvalue weighted by Gasteiger charge is -2.06. The van der Waals surface area contributed by atoms with Crippen LogP contribution in [0.2, 0.25) is 0 Å². The summed E-state index contributed by atoms with van der Waals surface area (Å²) in [6.07, 6.45) is 1.73. The van der Waals surface area contributed by atoms with E-state index in [1.54, 1.807) is 11.3 Å². The highest BCUT2D eigenvalue weighted by Gasteiger charge is 2.27. The lowest BCUT2D eigenvalue weighted by atomic mass is 10.1. The molecule has 0 saturated carbocycles. The Morgan fingerprint density at radius 3 is 3.15 bits per heavy atom. The minimum Gasteiger partial charge on any atom is -0.381 e. The summed E-state index contributed by atoms with van der Waals surface area (Å²) in [5, 5.41) is 3.64. The number of ether oxygens (including phenoxy) is 1. The topological polar surface area (TPSA) is 51.2 Å². The van der Waals surface area contributed by atoms with Crippen molar-refractivity contribution in [3.8, 4) is 11.3 Å². The normalized spacial score (nSPS) is 19.7. The summed E-state index contributed by atoms with van der Waals surface area (Å²) in [4.78, 5) is 17.9. The highest BCUT2D eigenvalue weighted by molar-refractivity contribution is 7.16. The third-order valence-corrected chi connectivity index (χ3v) is 4.82. The Kier molecular flexibility index (Phi) is 2.82. The second-order valence-electron chi connectivity index (χ2n) is 5.17. The minimum atomic E-state index is -0.0268. The molecule has 5 heteroatoms. The second-order valence-corrected chi connectivity index (χ2v) is 6.26. The van der Waals surface area contributed by atoms with Gasteiger partial charge in [0.15, 0.2) is 5.13 Å². The van der Waals surface area contributed by atoms with Crippen LogP contribution in [-0.4, -0.2) is 24.1 Å². The van der Waals surface area contributed by atoms with Crippen molar-refractivity contribution in [1.82, 2.24) is 4.98 Å². The van der Waals surface area contributed by atoms with Gasteiger partial charge in [-0.3, -0.25) is 4.79 Å². The molecule has 20 heavy (non-hydrogen) atoms. The molecule has 1 saturated heterocycles. The molecule has 1 N–H and O–H groups in total. The van der Waals surface area contributed by atoms with Gasteiger partial charge in [-0.05, 0) is 12.0 Å². The molecule has 1 amide bonds. The number of amides is 1. The average molecular weight is 286 g/mol. The molecular weight excluding hydrogens is 272 g/mol. The summed E-state index contributed by atoms with van der Waals surface area (Å²) in [6.45, 7) is 1.21. The molecule has 0 bridgehead atoms. The van der Waals surface area contributed by atoms with E-state index in [9.17, 15) is 4.79 Å². The first-order valence-corrected chi connectivity index (χ1v) is 7.59. The number of nitrogens with one attached hydrogen (secondary N) is 1. The molecule has 1 aliphatic heterocycles. The van der Waals surface area contributed by atoms with Crippen LogP contribution in [-0.2, 0) is 16.0 Å². The molecule has 2 heterocycles. The predicted molar refractivity (Wildman–Crippen MR) is 77.9 cm³/mol. The zero-order valence-electron chi connectivity index (χ0n) is 10.9. The van der Waals surface area contributed by atoms with Gasteiger partial charge in [0.05, 0.1) is 18.2 Å². The number of nitrogens with zero attached hydrogens (tertiary/aromatic N) is 1. The third kappa shape index (κ3) is 1.94. The molecule has 4 nitrogen and oxygen atoms in total. The van der Waals surface area contributed by atoms with E-state index in [1.165, 1.54) is 16.0 Å². The minimum absolute atomic E-state index is 0.0268. The maximum Gasteiger partial charge on any atom is 0.231 e. The van der Waals surface area contributed by atoms with E-state index in [2.05, 4.69) is 28.5 Å². The molecule has 0 spiro atoms. The fraction of sp³-hybridized carbons (Fsp3) is 0.333. The molecule has 1 unspecified atom stereocenters. The number of fused-ring (bicyclic) bond motifs is 3. The Hall–Kier alpha value is -1.72. The number of benzene rings is 1. The average Bonchev–Trinajstić information content (AvgIpc) is 3.13. The molecule has 1 aromatic heterocycles. The van der Waals surface area contributed by atoms with Crippen molar-refractivity contribution in [2.24, 2.45) is 5.92 Å². The molecule has 2 aromatic rings. The van der Waals surface area contributed by atoms with Gasteiger partial charge in [-0.1, -0.05) is 24.3 Å². The number of carbonyl (C=O) groups excluding carboxylic acids is 1. The van der Waals surface area contributed by atoms with Crippen molar-refractivity contribution in [3.63, 3.8) is 0 Å². The van der Waals surface area contributed by atoms with Gasteiger partial charge in [-0.25, -0.2) is 4.98 Å². The van der Waals surface area contributed by atoms with Crippen LogP contribution in [0.1, 0.15) is 16.9 Å². The number of hydrogen-bond acceptors (Lipinski definition) is 4. The zero-order chi connectivity index (χ0) is 13.5. The molecule has 0 radical (unpaired) electrons. The zero-order valence-corrected chi connectivity index (χ0v) is 11.7. The first-order chi connectivity index (χ1) is 9.81. The Balaban J connectivity index is 1.57. The van der Waals surface area contributed by atoms with E-state index < -0.39 is 0 Å². The maximum absolute atomic E-state index is 12.1. The van der Waals surface area contributed by atoms with Crippen molar-refractivity contribution in [1.29, 1.82) is 0 Å². The molecule has 4 rings (SSSR count). The summed E-state index contributed by atoms with van der Waals surface area (Å²) < 4.78 is 5.25. The van der Waals surface area contributed by atoms with Gasteiger partial charge in [0, 0.05) is 23.5 Å². The molecule has 102 valence electrons. The van der Waals surface area contributed by atoms with E-state index >= 15 is 0 Å². The Bertz CT molecular complexity index is 674. The quantitative estimate of drug-likeness (QED) is 0.788. The first-order valence-electron chi connectivity index (χ1n) is 6.78. The first kappa shape index (κ1) is 12.1. The van der Waals surface area contributed by atoms with Crippen LogP contribution < -0.4 is 5.32 Å². The predicted octanol–water partition coefficient (Wildman–Crippen LogP) is 2.69. The van der Waals surface area contributed by atoms with Gasteiger partial charge in [-0.2, -0.15) is 0 Å². The third-order valence-electron chi connectivity index (χ3n) is 3.85. The molecule has 1 fully saturated rings. The molecular formula is C15H14N2O2S. The highest BCUT2D eigenvalue weighted by atomic mass is 32.1. The molecule has 1 aliphatic carbocycles. The lowest BCUT2D eigenvalue weighted by molar-refractivity contribution is -0.119. The monoisotopic (exact) mass is 286 g/mol. The number of anilines is 1. The van der Waals surface area contributed by atoms with E-state index in [-0.39, 0.29) is 11.8 Å². The summed E-state index contributed by atoms with van der Waals surface area (Å²) in [5.41, 5.74) is 3.55. The standard InChI is InChI=1S/C15H14N2O2S/c18-14(10-5-6-19-8-10)17-15-16-13-11-4-2-1-3-9(11)7-12(13)20-15/h1-4,10H,5-8H2,(H,16,17,18). The summed E-state index contributed by atoms with van der Waals surface area (Å²) in [7, 11) is 0. The fourth-order valence-electron chi connectivity index (χ4n) is 2.76. The largest absolute Gasteiger partial charge is 0.381 e. The fourth-order valence-corrected chi connectivity index (χ4v) is 3.76. The van der Waals surface area contributed by atoms with Crippen LogP contribution in [0.15, 0.2) is 24.3 Å². The number of aromatic nitrogens is 1. The summed E-state index contributed by atoms with van der Waals surface area (Å²) >= 11 is 1.58. The number of rotatable bonds is 2. The molecule has 1 atom stereocenters. The molecule has 1 aromatic carbocycles. The lowest BCUT2D eigenvalue weighted by Crippen LogP contribution is -2.22. The number of hydrogen-bond donors (Lipinski definition) is 1. The van der Waals surface area contributed by atoms with Gasteiger partial charge in [-0.15, -0.1) is 11.3 Å². The van der Waals surface area contributed by atoms with Crippen LogP contribution in [0.25, 0.3) is 11.3 Å². The van der Waals surface area contributed by atoms with Gasteiger partial charge in [0.25, 0.3) is 0 Å². The number of thiazole rings is 1. The molecule has 2 aliphatic rings.